The Morgan fingerprint density at radius 2 is 1.81 bits per heavy atom. The molecular weight excluding hydrogens is 266 g/mol. The molecule has 4 N–H and O–H groups in total. The quantitative estimate of drug-likeness (QED) is 0.803. The first kappa shape index (κ1) is 16.3. The van der Waals surface area contributed by atoms with Gasteiger partial charge in [-0.3, -0.25) is 9.59 Å². The van der Waals surface area contributed by atoms with Crippen molar-refractivity contribution in [2.24, 2.45) is 23.3 Å². The lowest BCUT2D eigenvalue weighted by molar-refractivity contribution is -0.142. The van der Waals surface area contributed by atoms with Gasteiger partial charge in [-0.1, -0.05) is 26.2 Å². The Kier molecular flexibility index (Phi) is 5.62. The van der Waals surface area contributed by atoms with Crippen LogP contribution >= 0.6 is 0 Å². The number of carbonyl (C=O) groups excluding carboxylic acids is 2. The average molecular weight is 295 g/mol. The van der Waals surface area contributed by atoms with Gasteiger partial charge in [0, 0.05) is 18.0 Å². The summed E-state index contributed by atoms with van der Waals surface area (Å²) in [6, 6.07) is 0.416. The molecule has 5 nitrogen and oxygen atoms in total. The third-order valence-electron chi connectivity index (χ3n) is 5.23. The average Bonchev–Trinajstić information content (AvgIpc) is 2.97. The van der Waals surface area contributed by atoms with Crippen LogP contribution in [0.5, 0.6) is 0 Å². The summed E-state index contributed by atoms with van der Waals surface area (Å²) in [5.41, 5.74) is 11.4. The van der Waals surface area contributed by atoms with Crippen LogP contribution in [0.2, 0.25) is 0 Å². The molecule has 0 bridgehead atoms. The maximum Gasteiger partial charge on any atom is 0.237 e. The lowest BCUT2D eigenvalue weighted by atomic mass is 9.78. The van der Waals surface area contributed by atoms with Crippen LogP contribution in [0, 0.1) is 11.8 Å². The number of nitrogens with two attached hydrogens (primary N) is 2. The van der Waals surface area contributed by atoms with Gasteiger partial charge in [0.1, 0.15) is 0 Å². The van der Waals surface area contributed by atoms with Crippen LogP contribution in [0.4, 0.5) is 0 Å². The van der Waals surface area contributed by atoms with Crippen molar-refractivity contribution in [1.29, 1.82) is 0 Å². The molecule has 0 aromatic heterocycles. The van der Waals surface area contributed by atoms with Crippen molar-refractivity contribution in [2.45, 2.75) is 70.4 Å². The number of amides is 2. The molecule has 2 aliphatic carbocycles. The minimum Gasteiger partial charge on any atom is -0.368 e. The van der Waals surface area contributed by atoms with Crippen molar-refractivity contribution in [3.8, 4) is 0 Å². The van der Waals surface area contributed by atoms with Gasteiger partial charge in [0.2, 0.25) is 11.8 Å². The van der Waals surface area contributed by atoms with E-state index in [0.717, 1.165) is 51.4 Å². The second-order valence-electron chi connectivity index (χ2n) is 6.85. The van der Waals surface area contributed by atoms with Gasteiger partial charge in [0.05, 0.1) is 6.54 Å². The van der Waals surface area contributed by atoms with E-state index in [1.54, 1.807) is 4.90 Å². The highest BCUT2D eigenvalue weighted by molar-refractivity contribution is 5.85. The first-order valence-corrected chi connectivity index (χ1v) is 8.33. The number of rotatable bonds is 5. The molecule has 0 saturated heterocycles. The van der Waals surface area contributed by atoms with E-state index < -0.39 is 5.91 Å². The fraction of sp³-hybridized carbons (Fsp3) is 0.875. The molecule has 3 atom stereocenters. The van der Waals surface area contributed by atoms with Gasteiger partial charge in [-0.15, -0.1) is 0 Å². The zero-order valence-corrected chi connectivity index (χ0v) is 13.1. The Bertz CT molecular complexity index is 380. The Balaban J connectivity index is 2.03. The maximum atomic E-state index is 12.8. The molecule has 5 heteroatoms. The van der Waals surface area contributed by atoms with Crippen LogP contribution in [-0.2, 0) is 9.59 Å². The molecule has 2 amide bonds. The van der Waals surface area contributed by atoms with Crippen molar-refractivity contribution in [3.63, 3.8) is 0 Å². The van der Waals surface area contributed by atoms with Gasteiger partial charge in [-0.25, -0.2) is 0 Å². The molecule has 2 aliphatic rings. The smallest absolute Gasteiger partial charge is 0.237 e. The van der Waals surface area contributed by atoms with Gasteiger partial charge in [0.25, 0.3) is 0 Å². The summed E-state index contributed by atoms with van der Waals surface area (Å²) in [6.45, 7) is 2.06. The highest BCUT2D eigenvalue weighted by Gasteiger charge is 2.35. The summed E-state index contributed by atoms with van der Waals surface area (Å²) in [5.74, 6) is -0.0306. The van der Waals surface area contributed by atoms with Crippen LogP contribution in [0.3, 0.4) is 0 Å². The zero-order valence-electron chi connectivity index (χ0n) is 13.1. The summed E-state index contributed by atoms with van der Waals surface area (Å²) >= 11 is 0. The van der Waals surface area contributed by atoms with E-state index in [1.807, 2.05) is 6.92 Å². The fourth-order valence-electron chi connectivity index (χ4n) is 3.95. The minimum absolute atomic E-state index is 0.0590. The van der Waals surface area contributed by atoms with Crippen LogP contribution < -0.4 is 11.5 Å². The summed E-state index contributed by atoms with van der Waals surface area (Å²) in [5, 5.41) is 0. The third kappa shape index (κ3) is 4.19. The van der Waals surface area contributed by atoms with E-state index in [0.29, 0.717) is 5.92 Å². The van der Waals surface area contributed by atoms with Crippen LogP contribution in [0.25, 0.3) is 0 Å². The largest absolute Gasteiger partial charge is 0.368 e. The number of hydrogen-bond donors (Lipinski definition) is 2. The van der Waals surface area contributed by atoms with Crippen molar-refractivity contribution < 1.29 is 9.59 Å². The Labute approximate surface area is 127 Å². The highest BCUT2D eigenvalue weighted by atomic mass is 16.2. The molecule has 3 unspecified atom stereocenters. The molecule has 0 aromatic rings. The van der Waals surface area contributed by atoms with Crippen LogP contribution in [0.15, 0.2) is 0 Å². The molecule has 2 saturated carbocycles. The van der Waals surface area contributed by atoms with Gasteiger partial charge < -0.3 is 16.4 Å². The van der Waals surface area contributed by atoms with Gasteiger partial charge in [-0.05, 0) is 38.0 Å². The Hall–Kier alpha value is -1.10. The molecular formula is C16H29N3O2. The van der Waals surface area contributed by atoms with Gasteiger partial charge >= 0.3 is 0 Å². The molecule has 0 heterocycles. The van der Waals surface area contributed by atoms with Crippen molar-refractivity contribution in [2.75, 3.05) is 6.54 Å². The molecule has 120 valence electrons. The molecule has 0 aromatic carbocycles. The standard InChI is InChI=1S/C16H29N3O2/c1-11(12-5-4-6-13(17)9-12)16(21)19(10-15(18)20)14-7-2-3-8-14/h11-14H,2-10,17H2,1H3,(H2,18,20). The lowest BCUT2D eigenvalue weighted by Gasteiger charge is -2.35. The van der Waals surface area contributed by atoms with Crippen LogP contribution in [0.1, 0.15) is 58.3 Å². The summed E-state index contributed by atoms with van der Waals surface area (Å²) in [7, 11) is 0. The first-order chi connectivity index (χ1) is 9.99. The highest BCUT2D eigenvalue weighted by Crippen LogP contribution is 2.32. The van der Waals surface area contributed by atoms with E-state index in [1.165, 1.54) is 0 Å². The Morgan fingerprint density at radius 1 is 1.14 bits per heavy atom. The molecule has 0 spiro atoms. The molecule has 2 fully saturated rings. The second-order valence-corrected chi connectivity index (χ2v) is 6.85. The Morgan fingerprint density at radius 3 is 2.38 bits per heavy atom. The van der Waals surface area contributed by atoms with E-state index in [9.17, 15) is 9.59 Å². The number of nitrogens with zero attached hydrogens (tertiary/aromatic N) is 1. The summed E-state index contributed by atoms with van der Waals surface area (Å²) in [4.78, 5) is 25.9. The van der Waals surface area contributed by atoms with E-state index in [4.69, 9.17) is 11.5 Å². The SMILES string of the molecule is CC(C(=O)N(CC(N)=O)C1CCCC1)C1CCCC(N)C1. The lowest BCUT2D eigenvalue weighted by Crippen LogP contribution is -2.48. The van der Waals surface area contributed by atoms with Crippen molar-refractivity contribution >= 4 is 11.8 Å². The summed E-state index contributed by atoms with van der Waals surface area (Å²) < 4.78 is 0. The molecule has 0 aliphatic heterocycles. The maximum absolute atomic E-state index is 12.8. The van der Waals surface area contributed by atoms with Crippen molar-refractivity contribution in [1.82, 2.24) is 4.90 Å². The number of primary amides is 1. The fourth-order valence-corrected chi connectivity index (χ4v) is 3.95. The molecule has 0 radical (unpaired) electrons. The van der Waals surface area contributed by atoms with E-state index in [2.05, 4.69) is 0 Å². The molecule has 2 rings (SSSR count). The zero-order chi connectivity index (χ0) is 15.4. The minimum atomic E-state index is -0.414. The topological polar surface area (TPSA) is 89.4 Å². The monoisotopic (exact) mass is 295 g/mol. The second kappa shape index (κ2) is 7.25. The molecule has 21 heavy (non-hydrogen) atoms. The number of carbonyl (C=O) groups is 2. The van der Waals surface area contributed by atoms with E-state index >= 15 is 0 Å². The normalized spacial score (nSPS) is 28.3. The van der Waals surface area contributed by atoms with Crippen LogP contribution in [-0.4, -0.2) is 35.3 Å². The summed E-state index contributed by atoms with van der Waals surface area (Å²) in [6.07, 6.45) is 8.41. The van der Waals surface area contributed by atoms with E-state index in [-0.39, 0.29) is 30.5 Å². The van der Waals surface area contributed by atoms with Crippen molar-refractivity contribution in [3.05, 3.63) is 0 Å². The predicted molar refractivity (Wildman–Crippen MR) is 82.3 cm³/mol. The first-order valence-electron chi connectivity index (χ1n) is 8.33. The van der Waals surface area contributed by atoms with Gasteiger partial charge in [-0.2, -0.15) is 0 Å². The predicted octanol–water partition coefficient (Wildman–Crippen LogP) is 1.40. The van der Waals surface area contributed by atoms with Gasteiger partial charge in [0.15, 0.2) is 0 Å². The number of hydrogen-bond acceptors (Lipinski definition) is 3. The third-order valence-corrected chi connectivity index (χ3v) is 5.23.